The van der Waals surface area contributed by atoms with Gasteiger partial charge in [-0.3, -0.25) is 0 Å². The van der Waals surface area contributed by atoms with Crippen LogP contribution in [0.15, 0.2) is 42.5 Å². The zero-order chi connectivity index (χ0) is 16.1. The largest absolute Gasteiger partial charge is 0.491 e. The predicted octanol–water partition coefficient (Wildman–Crippen LogP) is 2.76. The lowest BCUT2D eigenvalue weighted by molar-refractivity contribution is 0.146. The lowest BCUT2D eigenvalue weighted by Crippen LogP contribution is -2.04. The highest BCUT2D eigenvalue weighted by atomic mass is 16.5. The molecule has 0 aliphatic carbocycles. The van der Waals surface area contributed by atoms with Gasteiger partial charge in [0, 0.05) is 19.1 Å². The normalized spacial score (nSPS) is 11.0. The number of imidazole rings is 1. The van der Waals surface area contributed by atoms with E-state index in [9.17, 15) is 0 Å². The SMILES string of the molecule is COCCOc1ccccc1-c1ccc2nc(CCN)[nH]c2c1. The fourth-order valence-electron chi connectivity index (χ4n) is 2.55. The van der Waals surface area contributed by atoms with Crippen LogP contribution in [-0.4, -0.2) is 36.8 Å². The Kier molecular flexibility index (Phi) is 4.90. The number of methoxy groups -OCH3 is 1. The first-order valence-corrected chi connectivity index (χ1v) is 7.71. The Hall–Kier alpha value is -2.37. The number of H-pyrrole nitrogens is 1. The molecule has 0 bridgehead atoms. The first-order valence-electron chi connectivity index (χ1n) is 7.71. The average Bonchev–Trinajstić information content (AvgIpc) is 2.97. The number of aromatic nitrogens is 2. The van der Waals surface area contributed by atoms with Crippen LogP contribution in [-0.2, 0) is 11.2 Å². The van der Waals surface area contributed by atoms with Crippen molar-refractivity contribution < 1.29 is 9.47 Å². The molecule has 0 spiro atoms. The van der Waals surface area contributed by atoms with Gasteiger partial charge >= 0.3 is 0 Å². The average molecular weight is 311 g/mol. The van der Waals surface area contributed by atoms with Crippen LogP contribution in [0.2, 0.25) is 0 Å². The number of hydrogen-bond donors (Lipinski definition) is 2. The van der Waals surface area contributed by atoms with Crippen molar-refractivity contribution in [3.8, 4) is 16.9 Å². The summed E-state index contributed by atoms with van der Waals surface area (Å²) < 4.78 is 10.9. The quantitative estimate of drug-likeness (QED) is 0.658. The molecule has 0 saturated carbocycles. The fourth-order valence-corrected chi connectivity index (χ4v) is 2.55. The zero-order valence-electron chi connectivity index (χ0n) is 13.2. The van der Waals surface area contributed by atoms with Crippen LogP contribution in [0, 0.1) is 0 Å². The standard InChI is InChI=1S/C18H21N3O2/c1-22-10-11-23-17-5-3-2-4-14(17)13-6-7-15-16(12-13)21-18(20-15)8-9-19/h2-7,12H,8-11,19H2,1H3,(H,20,21). The van der Waals surface area contributed by atoms with E-state index in [1.165, 1.54) is 0 Å². The van der Waals surface area contributed by atoms with E-state index >= 15 is 0 Å². The van der Waals surface area contributed by atoms with Crippen LogP contribution in [0.5, 0.6) is 5.75 Å². The number of ether oxygens (including phenoxy) is 2. The van der Waals surface area contributed by atoms with E-state index in [1.54, 1.807) is 7.11 Å². The van der Waals surface area contributed by atoms with E-state index < -0.39 is 0 Å². The van der Waals surface area contributed by atoms with Gasteiger partial charge in [0.05, 0.1) is 17.6 Å². The Labute approximate surface area is 135 Å². The second-order valence-corrected chi connectivity index (χ2v) is 5.29. The van der Waals surface area contributed by atoms with Crippen molar-refractivity contribution >= 4 is 11.0 Å². The van der Waals surface area contributed by atoms with Crippen molar-refractivity contribution in [2.45, 2.75) is 6.42 Å². The molecule has 1 heterocycles. The van der Waals surface area contributed by atoms with E-state index in [2.05, 4.69) is 28.2 Å². The highest BCUT2D eigenvalue weighted by molar-refractivity contribution is 5.83. The van der Waals surface area contributed by atoms with Crippen LogP contribution in [0.1, 0.15) is 5.82 Å². The van der Waals surface area contributed by atoms with E-state index in [-0.39, 0.29) is 0 Å². The molecule has 120 valence electrons. The van der Waals surface area contributed by atoms with E-state index in [0.717, 1.165) is 40.2 Å². The molecule has 3 aromatic rings. The van der Waals surface area contributed by atoms with Gasteiger partial charge in [-0.25, -0.2) is 4.98 Å². The highest BCUT2D eigenvalue weighted by Gasteiger charge is 2.09. The topological polar surface area (TPSA) is 73.2 Å². The minimum Gasteiger partial charge on any atom is -0.491 e. The lowest BCUT2D eigenvalue weighted by Gasteiger charge is -2.11. The van der Waals surface area contributed by atoms with E-state index in [4.69, 9.17) is 15.2 Å². The van der Waals surface area contributed by atoms with Crippen LogP contribution in [0.3, 0.4) is 0 Å². The maximum atomic E-state index is 5.82. The van der Waals surface area contributed by atoms with Crippen LogP contribution < -0.4 is 10.5 Å². The Morgan fingerprint density at radius 2 is 2.00 bits per heavy atom. The third-order valence-corrected chi connectivity index (χ3v) is 3.66. The van der Waals surface area contributed by atoms with Gasteiger partial charge < -0.3 is 20.2 Å². The molecule has 5 nitrogen and oxygen atoms in total. The molecule has 0 aliphatic heterocycles. The first kappa shape index (κ1) is 15.5. The molecule has 23 heavy (non-hydrogen) atoms. The zero-order valence-corrected chi connectivity index (χ0v) is 13.2. The summed E-state index contributed by atoms with van der Waals surface area (Å²) in [6, 6.07) is 14.2. The minimum atomic E-state index is 0.528. The van der Waals surface area contributed by atoms with Crippen molar-refractivity contribution in [3.63, 3.8) is 0 Å². The molecule has 0 amide bonds. The van der Waals surface area contributed by atoms with Crippen LogP contribution in [0.25, 0.3) is 22.2 Å². The van der Waals surface area contributed by atoms with E-state index in [0.29, 0.717) is 19.8 Å². The van der Waals surface area contributed by atoms with Gasteiger partial charge in [0.15, 0.2) is 0 Å². The second kappa shape index (κ2) is 7.26. The second-order valence-electron chi connectivity index (χ2n) is 5.29. The minimum absolute atomic E-state index is 0.528. The van der Waals surface area contributed by atoms with Crippen molar-refractivity contribution in [1.29, 1.82) is 0 Å². The third-order valence-electron chi connectivity index (χ3n) is 3.66. The molecule has 0 saturated heterocycles. The molecule has 0 fully saturated rings. The summed E-state index contributed by atoms with van der Waals surface area (Å²) in [6.07, 6.45) is 0.751. The van der Waals surface area contributed by atoms with Crippen molar-refractivity contribution in [2.24, 2.45) is 5.73 Å². The predicted molar refractivity (Wildman–Crippen MR) is 91.7 cm³/mol. The van der Waals surface area contributed by atoms with Crippen molar-refractivity contribution in [2.75, 3.05) is 26.9 Å². The number of benzene rings is 2. The molecule has 0 atom stereocenters. The number of fused-ring (bicyclic) bond motifs is 1. The first-order chi connectivity index (χ1) is 11.3. The van der Waals surface area contributed by atoms with Gasteiger partial charge in [-0.05, 0) is 30.3 Å². The summed E-state index contributed by atoms with van der Waals surface area (Å²) in [5, 5.41) is 0. The number of nitrogens with two attached hydrogens (primary N) is 1. The van der Waals surface area contributed by atoms with Crippen LogP contribution in [0.4, 0.5) is 0 Å². The number of nitrogens with one attached hydrogen (secondary N) is 1. The molecule has 1 aromatic heterocycles. The molecule has 3 rings (SSSR count). The summed E-state index contributed by atoms with van der Waals surface area (Å²) in [6.45, 7) is 1.68. The molecule has 0 aliphatic rings. The Balaban J connectivity index is 1.93. The number of nitrogens with zero attached hydrogens (tertiary/aromatic N) is 1. The number of aromatic amines is 1. The third kappa shape index (κ3) is 3.52. The fraction of sp³-hybridized carbons (Fsp3) is 0.278. The van der Waals surface area contributed by atoms with Gasteiger partial charge in [0.2, 0.25) is 0 Å². The monoisotopic (exact) mass is 311 g/mol. The Bertz CT molecular complexity index is 783. The number of rotatable bonds is 7. The summed E-state index contributed by atoms with van der Waals surface area (Å²) in [5.41, 5.74) is 9.71. The van der Waals surface area contributed by atoms with Crippen molar-refractivity contribution in [3.05, 3.63) is 48.3 Å². The summed E-state index contributed by atoms with van der Waals surface area (Å²) in [4.78, 5) is 7.86. The number of hydrogen-bond acceptors (Lipinski definition) is 4. The summed E-state index contributed by atoms with van der Waals surface area (Å²) in [7, 11) is 1.67. The molecule has 5 heteroatoms. The molecular weight excluding hydrogens is 290 g/mol. The Morgan fingerprint density at radius 1 is 1.13 bits per heavy atom. The highest BCUT2D eigenvalue weighted by Crippen LogP contribution is 2.31. The van der Waals surface area contributed by atoms with Gasteiger partial charge in [-0.15, -0.1) is 0 Å². The lowest BCUT2D eigenvalue weighted by atomic mass is 10.0. The van der Waals surface area contributed by atoms with Gasteiger partial charge in [0.25, 0.3) is 0 Å². The van der Waals surface area contributed by atoms with Crippen LogP contribution >= 0.6 is 0 Å². The Morgan fingerprint density at radius 3 is 2.83 bits per heavy atom. The smallest absolute Gasteiger partial charge is 0.127 e. The molecule has 2 aromatic carbocycles. The van der Waals surface area contributed by atoms with Gasteiger partial charge in [-0.2, -0.15) is 0 Å². The molecule has 0 radical (unpaired) electrons. The molecule has 3 N–H and O–H groups in total. The molecular formula is C18H21N3O2. The van der Waals surface area contributed by atoms with Gasteiger partial charge in [-0.1, -0.05) is 24.3 Å². The van der Waals surface area contributed by atoms with E-state index in [1.807, 2.05) is 24.3 Å². The van der Waals surface area contributed by atoms with Gasteiger partial charge in [0.1, 0.15) is 18.2 Å². The summed E-state index contributed by atoms with van der Waals surface area (Å²) >= 11 is 0. The maximum Gasteiger partial charge on any atom is 0.127 e. The molecule has 0 unspecified atom stereocenters. The number of para-hydroxylation sites is 1. The maximum absolute atomic E-state index is 5.82. The van der Waals surface area contributed by atoms with Crippen molar-refractivity contribution in [1.82, 2.24) is 9.97 Å². The summed E-state index contributed by atoms with van der Waals surface area (Å²) in [5.74, 6) is 1.77.